The first kappa shape index (κ1) is 27.1. The zero-order chi connectivity index (χ0) is 23.8. The molecule has 0 saturated carbocycles. The molecule has 0 spiro atoms. The lowest BCUT2D eigenvalue weighted by Crippen LogP contribution is -2.39. The van der Waals surface area contributed by atoms with Crippen LogP contribution in [0.1, 0.15) is 39.2 Å². The van der Waals surface area contributed by atoms with Crippen LogP contribution in [0, 0.1) is 0 Å². The molecule has 1 aromatic carbocycles. The highest BCUT2D eigenvalue weighted by Crippen LogP contribution is 2.51. The van der Waals surface area contributed by atoms with E-state index in [9.17, 15) is 9.69 Å². The van der Waals surface area contributed by atoms with Gasteiger partial charge in [-0.05, 0) is 57.5 Å². The third-order valence-electron chi connectivity index (χ3n) is 4.58. The molecule has 0 bridgehead atoms. The SMILES string of the molecule is CO[C@H]1C(OP(O)(=S)OC(C)(C)C)[C@@H](COC(=O)OCc2ccccc2)O[C@H]1CCCN. The van der Waals surface area contributed by atoms with Crippen molar-refractivity contribution < 1.29 is 37.7 Å². The highest BCUT2D eigenvalue weighted by molar-refractivity contribution is 8.07. The van der Waals surface area contributed by atoms with Gasteiger partial charge >= 0.3 is 12.9 Å². The lowest BCUT2D eigenvalue weighted by atomic mass is 10.0. The molecule has 11 heteroatoms. The third-order valence-corrected chi connectivity index (χ3v) is 6.35. The van der Waals surface area contributed by atoms with Gasteiger partial charge in [0.15, 0.2) is 0 Å². The first-order chi connectivity index (χ1) is 15.0. The molecule has 32 heavy (non-hydrogen) atoms. The Kier molecular flexibility index (Phi) is 10.5. The first-order valence-corrected chi connectivity index (χ1v) is 13.1. The van der Waals surface area contributed by atoms with Crippen LogP contribution in [-0.4, -0.2) is 61.3 Å². The maximum atomic E-state index is 12.1. The Labute approximate surface area is 194 Å². The van der Waals surface area contributed by atoms with Crippen molar-refractivity contribution in [3.8, 4) is 0 Å². The van der Waals surface area contributed by atoms with Crippen LogP contribution in [0.25, 0.3) is 0 Å². The smallest absolute Gasteiger partial charge is 0.431 e. The number of methoxy groups -OCH3 is 1. The van der Waals surface area contributed by atoms with E-state index >= 15 is 0 Å². The minimum atomic E-state index is -3.63. The van der Waals surface area contributed by atoms with Crippen molar-refractivity contribution in [1.29, 1.82) is 0 Å². The molecule has 0 radical (unpaired) electrons. The van der Waals surface area contributed by atoms with E-state index in [1.54, 1.807) is 20.8 Å². The van der Waals surface area contributed by atoms with E-state index < -0.39 is 36.8 Å². The Balaban J connectivity index is 2.03. The fraction of sp³-hybridized carbons (Fsp3) is 0.667. The Morgan fingerprint density at radius 2 is 1.88 bits per heavy atom. The van der Waals surface area contributed by atoms with Gasteiger partial charge in [-0.2, -0.15) is 0 Å². The summed E-state index contributed by atoms with van der Waals surface area (Å²) >= 11 is 5.20. The van der Waals surface area contributed by atoms with Gasteiger partial charge in [0, 0.05) is 7.11 Å². The van der Waals surface area contributed by atoms with Gasteiger partial charge in [-0.25, -0.2) is 4.79 Å². The summed E-state index contributed by atoms with van der Waals surface area (Å²) < 4.78 is 33.4. The maximum absolute atomic E-state index is 12.1. The van der Waals surface area contributed by atoms with Crippen molar-refractivity contribution in [2.45, 2.75) is 70.2 Å². The monoisotopic (exact) mass is 491 g/mol. The lowest BCUT2D eigenvalue weighted by molar-refractivity contribution is -0.0432. The van der Waals surface area contributed by atoms with Gasteiger partial charge < -0.3 is 34.1 Å². The van der Waals surface area contributed by atoms with E-state index in [0.717, 1.165) is 5.56 Å². The molecule has 0 amide bonds. The van der Waals surface area contributed by atoms with E-state index in [-0.39, 0.29) is 19.3 Å². The molecule has 0 aromatic heterocycles. The fourth-order valence-corrected chi connectivity index (χ4v) is 5.60. The Morgan fingerprint density at radius 1 is 1.19 bits per heavy atom. The standard InChI is InChI=1S/C21H34NO8PS/c1-21(2,3)30-31(24,32)29-19-17(28-16(11-8-12-22)18(19)25-4)14-27-20(23)26-13-15-9-6-5-7-10-15/h5-7,9-10,16-19H,8,11-14,22H2,1-4H3,(H,24,32)/t16-,17+,18+,19?,31?/m0/s1. The number of hydrogen-bond donors (Lipinski definition) is 2. The fourth-order valence-electron chi connectivity index (χ4n) is 3.33. The van der Waals surface area contributed by atoms with Crippen molar-refractivity contribution in [2.75, 3.05) is 20.3 Å². The van der Waals surface area contributed by atoms with Crippen LogP contribution in [0.15, 0.2) is 30.3 Å². The van der Waals surface area contributed by atoms with Crippen LogP contribution in [0.3, 0.4) is 0 Å². The van der Waals surface area contributed by atoms with Crippen molar-refractivity contribution >= 4 is 24.7 Å². The molecule has 5 atom stereocenters. The molecule has 1 fully saturated rings. The number of hydrogen-bond acceptors (Lipinski definition) is 9. The average molecular weight is 492 g/mol. The highest BCUT2D eigenvalue weighted by Gasteiger charge is 2.48. The minimum absolute atomic E-state index is 0.0851. The quantitative estimate of drug-likeness (QED) is 0.353. The van der Waals surface area contributed by atoms with Crippen LogP contribution in [-0.2, 0) is 46.4 Å². The highest BCUT2D eigenvalue weighted by atomic mass is 32.5. The second-order valence-electron chi connectivity index (χ2n) is 8.42. The van der Waals surface area contributed by atoms with Crippen LogP contribution < -0.4 is 5.73 Å². The summed E-state index contributed by atoms with van der Waals surface area (Å²) in [5.74, 6) is 0. The van der Waals surface area contributed by atoms with Crippen LogP contribution in [0.4, 0.5) is 4.79 Å². The molecule has 1 aliphatic rings. The third kappa shape index (κ3) is 9.03. The maximum Gasteiger partial charge on any atom is 0.508 e. The summed E-state index contributed by atoms with van der Waals surface area (Å²) in [4.78, 5) is 22.7. The summed E-state index contributed by atoms with van der Waals surface area (Å²) in [6.07, 6.45) is -1.98. The van der Waals surface area contributed by atoms with Gasteiger partial charge in [0.25, 0.3) is 0 Å². The average Bonchev–Trinajstić information content (AvgIpc) is 3.03. The zero-order valence-electron chi connectivity index (χ0n) is 19.0. The molecule has 2 rings (SSSR count). The summed E-state index contributed by atoms with van der Waals surface area (Å²) in [6.45, 7) is 2.07. The van der Waals surface area contributed by atoms with E-state index in [1.165, 1.54) is 7.11 Å². The van der Waals surface area contributed by atoms with Gasteiger partial charge in [0.2, 0.25) is 0 Å². The Bertz CT molecular complexity index is 760. The number of nitrogens with two attached hydrogens (primary N) is 1. The molecule has 1 saturated heterocycles. The molecule has 3 N–H and O–H groups in total. The first-order valence-electron chi connectivity index (χ1n) is 10.5. The second kappa shape index (κ2) is 12.4. The summed E-state index contributed by atoms with van der Waals surface area (Å²) in [5, 5.41) is 0. The number of rotatable bonds is 11. The van der Waals surface area contributed by atoms with E-state index in [0.29, 0.717) is 19.4 Å². The molecular weight excluding hydrogens is 457 g/mol. The molecule has 1 aliphatic heterocycles. The predicted octanol–water partition coefficient (Wildman–Crippen LogP) is 3.28. The molecule has 182 valence electrons. The summed E-state index contributed by atoms with van der Waals surface area (Å²) in [7, 11) is 1.52. The van der Waals surface area contributed by atoms with Crippen molar-refractivity contribution in [3.63, 3.8) is 0 Å². The van der Waals surface area contributed by atoms with Gasteiger partial charge in [-0.15, -0.1) is 0 Å². The number of carbonyl (C=O) groups is 1. The molecule has 9 nitrogen and oxygen atoms in total. The van der Waals surface area contributed by atoms with Crippen molar-refractivity contribution in [1.82, 2.24) is 0 Å². The van der Waals surface area contributed by atoms with E-state index in [4.69, 9.17) is 45.5 Å². The largest absolute Gasteiger partial charge is 0.508 e. The molecule has 0 aliphatic carbocycles. The van der Waals surface area contributed by atoms with Crippen molar-refractivity contribution in [3.05, 3.63) is 35.9 Å². The Hall–Kier alpha value is -1.10. The Morgan fingerprint density at radius 3 is 2.47 bits per heavy atom. The van der Waals surface area contributed by atoms with Gasteiger partial charge in [-0.1, -0.05) is 30.3 Å². The topological polar surface area (TPSA) is 119 Å². The predicted molar refractivity (Wildman–Crippen MR) is 123 cm³/mol. The molecule has 2 unspecified atom stereocenters. The van der Waals surface area contributed by atoms with Gasteiger partial charge in [0.1, 0.15) is 31.5 Å². The van der Waals surface area contributed by atoms with Gasteiger partial charge in [0.05, 0.1) is 11.7 Å². The molecule has 1 heterocycles. The van der Waals surface area contributed by atoms with E-state index in [1.807, 2.05) is 30.3 Å². The number of ether oxygens (including phenoxy) is 4. The zero-order valence-corrected chi connectivity index (χ0v) is 20.7. The van der Waals surface area contributed by atoms with Crippen LogP contribution in [0.2, 0.25) is 0 Å². The normalized spacial score (nSPS) is 25.3. The number of carbonyl (C=O) groups excluding carboxylic acids is 1. The summed E-state index contributed by atoms with van der Waals surface area (Å²) in [6, 6.07) is 9.25. The van der Waals surface area contributed by atoms with Gasteiger partial charge in [-0.3, -0.25) is 4.52 Å². The summed E-state index contributed by atoms with van der Waals surface area (Å²) in [5.41, 5.74) is 5.76. The van der Waals surface area contributed by atoms with E-state index in [2.05, 4.69) is 0 Å². The van der Waals surface area contributed by atoms with Crippen LogP contribution >= 0.6 is 6.72 Å². The van der Waals surface area contributed by atoms with Crippen molar-refractivity contribution in [2.24, 2.45) is 5.73 Å². The molecule has 1 aromatic rings. The van der Waals surface area contributed by atoms with Crippen LogP contribution in [0.5, 0.6) is 0 Å². The lowest BCUT2D eigenvalue weighted by Gasteiger charge is -2.30. The molecular formula is C21H34NO8PS. The number of benzene rings is 1. The minimum Gasteiger partial charge on any atom is -0.431 e. The second-order valence-corrected chi connectivity index (χ2v) is 11.1.